The fourth-order valence-corrected chi connectivity index (χ4v) is 4.62. The molecule has 0 saturated heterocycles. The SMILES string of the molecule is CCC(Cl)CCNS(=O)(=O)c1cc(C)c(Br)s1. The summed E-state index contributed by atoms with van der Waals surface area (Å²) in [5, 5.41) is 0.0227. The van der Waals surface area contributed by atoms with E-state index in [-0.39, 0.29) is 5.38 Å². The molecule has 0 bridgehead atoms. The summed E-state index contributed by atoms with van der Waals surface area (Å²) in [6, 6.07) is 1.66. The number of hydrogen-bond acceptors (Lipinski definition) is 3. The highest BCUT2D eigenvalue weighted by Gasteiger charge is 2.18. The van der Waals surface area contributed by atoms with Crippen LogP contribution < -0.4 is 4.72 Å². The van der Waals surface area contributed by atoms with Gasteiger partial charge in [-0.2, -0.15) is 0 Å². The maximum absolute atomic E-state index is 11.9. The van der Waals surface area contributed by atoms with Crippen LogP contribution in [0.3, 0.4) is 0 Å². The molecule has 1 aromatic heterocycles. The molecular weight excluding hydrogens is 346 g/mol. The van der Waals surface area contributed by atoms with Crippen LogP contribution >= 0.6 is 38.9 Å². The predicted octanol–water partition coefficient (Wildman–Crippen LogP) is 3.50. The summed E-state index contributed by atoms with van der Waals surface area (Å²) in [7, 11) is -3.39. The highest BCUT2D eigenvalue weighted by Crippen LogP contribution is 2.30. The van der Waals surface area contributed by atoms with E-state index < -0.39 is 10.0 Å². The standard InChI is InChI=1S/C10H15BrClNO2S2/c1-3-8(12)4-5-13-17(14,15)9-6-7(2)10(11)16-9/h6,8,13H,3-5H2,1-2H3. The molecule has 0 radical (unpaired) electrons. The van der Waals surface area contributed by atoms with Gasteiger partial charge >= 0.3 is 0 Å². The molecule has 17 heavy (non-hydrogen) atoms. The van der Waals surface area contributed by atoms with Crippen molar-refractivity contribution >= 4 is 48.9 Å². The van der Waals surface area contributed by atoms with Gasteiger partial charge in [0.1, 0.15) is 4.21 Å². The zero-order valence-electron chi connectivity index (χ0n) is 9.66. The minimum Gasteiger partial charge on any atom is -0.210 e. The van der Waals surface area contributed by atoms with Crippen molar-refractivity contribution < 1.29 is 8.42 Å². The maximum Gasteiger partial charge on any atom is 0.250 e. The molecule has 0 aromatic carbocycles. The average Bonchev–Trinajstić information content (AvgIpc) is 2.59. The number of sulfonamides is 1. The van der Waals surface area contributed by atoms with Crippen molar-refractivity contribution in [3.05, 3.63) is 15.4 Å². The Bertz CT molecular complexity index is 453. The van der Waals surface area contributed by atoms with Gasteiger partial charge in [0, 0.05) is 11.9 Å². The van der Waals surface area contributed by atoms with Gasteiger partial charge in [-0.05, 0) is 47.3 Å². The van der Waals surface area contributed by atoms with Gasteiger partial charge in [-0.15, -0.1) is 22.9 Å². The largest absolute Gasteiger partial charge is 0.250 e. The van der Waals surface area contributed by atoms with Crippen molar-refractivity contribution in [2.24, 2.45) is 0 Å². The lowest BCUT2D eigenvalue weighted by molar-refractivity contribution is 0.578. The molecule has 1 atom stereocenters. The third kappa shape index (κ3) is 4.52. The number of halogens is 2. The first-order valence-electron chi connectivity index (χ1n) is 5.26. The molecule has 1 N–H and O–H groups in total. The molecule has 0 fully saturated rings. The average molecular weight is 361 g/mol. The Hall–Kier alpha value is 0.380. The lowest BCUT2D eigenvalue weighted by Crippen LogP contribution is -2.25. The van der Waals surface area contributed by atoms with Crippen molar-refractivity contribution in [1.82, 2.24) is 4.72 Å². The van der Waals surface area contributed by atoms with E-state index in [1.54, 1.807) is 6.07 Å². The van der Waals surface area contributed by atoms with Gasteiger partial charge in [-0.3, -0.25) is 0 Å². The quantitative estimate of drug-likeness (QED) is 0.789. The smallest absolute Gasteiger partial charge is 0.210 e. The fourth-order valence-electron chi connectivity index (χ4n) is 1.19. The monoisotopic (exact) mass is 359 g/mol. The van der Waals surface area contributed by atoms with E-state index in [0.717, 1.165) is 15.8 Å². The van der Waals surface area contributed by atoms with E-state index >= 15 is 0 Å². The molecule has 98 valence electrons. The van der Waals surface area contributed by atoms with Gasteiger partial charge in [0.25, 0.3) is 0 Å². The second-order valence-corrected chi connectivity index (χ2v) is 8.70. The molecule has 0 aliphatic carbocycles. The van der Waals surface area contributed by atoms with Crippen molar-refractivity contribution in [2.45, 2.75) is 36.3 Å². The van der Waals surface area contributed by atoms with Crippen LogP contribution in [0.15, 0.2) is 14.1 Å². The van der Waals surface area contributed by atoms with Gasteiger partial charge in [-0.25, -0.2) is 13.1 Å². The van der Waals surface area contributed by atoms with Crippen LogP contribution in [0.1, 0.15) is 25.3 Å². The lowest BCUT2D eigenvalue weighted by Gasteiger charge is -2.07. The Morgan fingerprint density at radius 2 is 2.24 bits per heavy atom. The summed E-state index contributed by atoms with van der Waals surface area (Å²) >= 11 is 10.5. The Morgan fingerprint density at radius 1 is 1.59 bits per heavy atom. The molecule has 1 rings (SSSR count). The van der Waals surface area contributed by atoms with E-state index in [9.17, 15) is 8.42 Å². The summed E-state index contributed by atoms with van der Waals surface area (Å²) in [6.45, 7) is 4.22. The molecule has 0 saturated carbocycles. The van der Waals surface area contributed by atoms with Crippen LogP contribution in [-0.4, -0.2) is 20.3 Å². The van der Waals surface area contributed by atoms with Crippen molar-refractivity contribution in [3.8, 4) is 0 Å². The molecule has 3 nitrogen and oxygen atoms in total. The van der Waals surface area contributed by atoms with Gasteiger partial charge in [0.05, 0.1) is 3.79 Å². The first kappa shape index (κ1) is 15.4. The summed E-state index contributed by atoms with van der Waals surface area (Å²) in [4.78, 5) is 0. The highest BCUT2D eigenvalue weighted by molar-refractivity contribution is 9.11. The minimum absolute atomic E-state index is 0.0227. The van der Waals surface area contributed by atoms with E-state index in [4.69, 9.17) is 11.6 Å². The van der Waals surface area contributed by atoms with E-state index in [0.29, 0.717) is 17.2 Å². The number of hydrogen-bond donors (Lipinski definition) is 1. The summed E-state index contributed by atoms with van der Waals surface area (Å²) < 4.78 is 27.6. The molecule has 0 amide bonds. The third-order valence-corrected chi connectivity index (χ3v) is 6.89. The maximum atomic E-state index is 11.9. The number of nitrogens with one attached hydrogen (secondary N) is 1. The third-order valence-electron chi connectivity index (χ3n) is 2.29. The Balaban J connectivity index is 2.63. The number of aryl methyl sites for hydroxylation is 1. The second kappa shape index (κ2) is 6.52. The van der Waals surface area contributed by atoms with Gasteiger partial charge < -0.3 is 0 Å². The zero-order valence-corrected chi connectivity index (χ0v) is 13.6. The van der Waals surface area contributed by atoms with Crippen molar-refractivity contribution in [2.75, 3.05) is 6.54 Å². The Labute approximate surface area is 120 Å². The van der Waals surface area contributed by atoms with Gasteiger partial charge in [0.15, 0.2) is 0 Å². The summed E-state index contributed by atoms with van der Waals surface area (Å²) in [6.07, 6.45) is 1.48. The molecule has 1 heterocycles. The number of alkyl halides is 1. The molecule has 7 heteroatoms. The predicted molar refractivity (Wildman–Crippen MR) is 76.5 cm³/mol. The van der Waals surface area contributed by atoms with Crippen LogP contribution in [0.4, 0.5) is 0 Å². The Morgan fingerprint density at radius 3 is 2.71 bits per heavy atom. The molecule has 0 aliphatic heterocycles. The number of thiophene rings is 1. The molecular formula is C10H15BrClNO2S2. The highest BCUT2D eigenvalue weighted by atomic mass is 79.9. The van der Waals surface area contributed by atoms with Gasteiger partial charge in [0.2, 0.25) is 10.0 Å². The lowest BCUT2D eigenvalue weighted by atomic mass is 10.2. The van der Waals surface area contributed by atoms with E-state index in [1.165, 1.54) is 11.3 Å². The second-order valence-electron chi connectivity index (χ2n) is 3.71. The normalized spacial score (nSPS) is 13.9. The first-order chi connectivity index (χ1) is 7.86. The molecule has 0 spiro atoms. The van der Waals surface area contributed by atoms with Crippen LogP contribution in [0, 0.1) is 6.92 Å². The Kier molecular flexibility index (Phi) is 5.92. The van der Waals surface area contributed by atoms with Crippen LogP contribution in [0.2, 0.25) is 0 Å². The molecule has 0 aliphatic rings. The topological polar surface area (TPSA) is 46.2 Å². The van der Waals surface area contributed by atoms with Crippen molar-refractivity contribution in [3.63, 3.8) is 0 Å². The van der Waals surface area contributed by atoms with Crippen LogP contribution in [0.5, 0.6) is 0 Å². The van der Waals surface area contributed by atoms with Crippen LogP contribution in [0.25, 0.3) is 0 Å². The van der Waals surface area contributed by atoms with E-state index in [1.807, 2.05) is 13.8 Å². The summed E-state index contributed by atoms with van der Waals surface area (Å²) in [5.41, 5.74) is 0.930. The van der Waals surface area contributed by atoms with Crippen LogP contribution in [-0.2, 0) is 10.0 Å². The van der Waals surface area contributed by atoms with E-state index in [2.05, 4.69) is 20.7 Å². The summed E-state index contributed by atoms with van der Waals surface area (Å²) in [5.74, 6) is 0. The first-order valence-corrected chi connectivity index (χ1v) is 8.79. The molecule has 1 unspecified atom stereocenters. The van der Waals surface area contributed by atoms with Gasteiger partial charge in [-0.1, -0.05) is 6.92 Å². The fraction of sp³-hybridized carbons (Fsp3) is 0.600. The van der Waals surface area contributed by atoms with Crippen molar-refractivity contribution in [1.29, 1.82) is 0 Å². The zero-order chi connectivity index (χ0) is 13.1. The number of rotatable bonds is 6. The molecule has 1 aromatic rings. The minimum atomic E-state index is -3.39.